The summed E-state index contributed by atoms with van der Waals surface area (Å²) in [7, 11) is 1.74. The van der Waals surface area contributed by atoms with Gasteiger partial charge in [0.15, 0.2) is 5.65 Å². The minimum absolute atomic E-state index is 0.00305. The summed E-state index contributed by atoms with van der Waals surface area (Å²) < 4.78 is 8.76. The molecule has 33 heavy (non-hydrogen) atoms. The first-order valence-electron chi connectivity index (χ1n) is 11.2. The van der Waals surface area contributed by atoms with Crippen molar-refractivity contribution in [3.8, 4) is 0 Å². The van der Waals surface area contributed by atoms with Crippen molar-refractivity contribution in [1.82, 2.24) is 24.5 Å². The first-order chi connectivity index (χ1) is 16.0. The van der Waals surface area contributed by atoms with Gasteiger partial charge < -0.3 is 30.4 Å². The van der Waals surface area contributed by atoms with Crippen molar-refractivity contribution >= 4 is 28.9 Å². The highest BCUT2D eigenvalue weighted by atomic mass is 16.5. The van der Waals surface area contributed by atoms with Gasteiger partial charge in [-0.05, 0) is 37.8 Å². The number of aromatic nitrogens is 4. The SMILES string of the molecule is CNc1cc(Nc2cccn([C@@H]3CCCOC3)c2=O)nc2c(C(=O)N[C@@H]3CC[C@H]3O)cnn12. The normalized spacial score (nSPS) is 22.5. The van der Waals surface area contributed by atoms with Gasteiger partial charge >= 0.3 is 0 Å². The van der Waals surface area contributed by atoms with E-state index in [0.29, 0.717) is 41.6 Å². The molecule has 3 aromatic rings. The van der Waals surface area contributed by atoms with Crippen molar-refractivity contribution in [1.29, 1.82) is 0 Å². The predicted molar refractivity (Wildman–Crippen MR) is 122 cm³/mol. The third-order valence-electron chi connectivity index (χ3n) is 6.29. The molecule has 2 fully saturated rings. The average molecular weight is 454 g/mol. The monoisotopic (exact) mass is 453 g/mol. The smallest absolute Gasteiger partial charge is 0.274 e. The summed E-state index contributed by atoms with van der Waals surface area (Å²) in [4.78, 5) is 30.5. The Labute approximate surface area is 189 Å². The molecule has 0 bridgehead atoms. The number of nitrogens with zero attached hydrogens (tertiary/aromatic N) is 4. The van der Waals surface area contributed by atoms with Crippen molar-refractivity contribution in [2.75, 3.05) is 30.9 Å². The van der Waals surface area contributed by atoms with Crippen LogP contribution in [0.25, 0.3) is 5.65 Å². The summed E-state index contributed by atoms with van der Waals surface area (Å²) in [6.07, 6.45) is 5.92. The zero-order chi connectivity index (χ0) is 22.9. The van der Waals surface area contributed by atoms with Crippen molar-refractivity contribution in [3.05, 3.63) is 46.5 Å². The Hall–Kier alpha value is -3.44. The van der Waals surface area contributed by atoms with Crippen molar-refractivity contribution in [2.24, 2.45) is 0 Å². The Morgan fingerprint density at radius 1 is 1.30 bits per heavy atom. The zero-order valence-corrected chi connectivity index (χ0v) is 18.3. The van der Waals surface area contributed by atoms with E-state index < -0.39 is 6.10 Å². The lowest BCUT2D eigenvalue weighted by molar-refractivity contribution is 0.0448. The summed E-state index contributed by atoms with van der Waals surface area (Å²) in [6.45, 7) is 1.24. The van der Waals surface area contributed by atoms with Gasteiger partial charge in [-0.3, -0.25) is 9.59 Å². The van der Waals surface area contributed by atoms with Crippen LogP contribution < -0.4 is 21.5 Å². The highest BCUT2D eigenvalue weighted by molar-refractivity contribution is 6.00. The van der Waals surface area contributed by atoms with Gasteiger partial charge in [-0.2, -0.15) is 9.61 Å². The Morgan fingerprint density at radius 3 is 2.88 bits per heavy atom. The van der Waals surface area contributed by atoms with E-state index in [9.17, 15) is 14.7 Å². The molecule has 11 nitrogen and oxygen atoms in total. The fraction of sp³-hybridized carbons (Fsp3) is 0.455. The van der Waals surface area contributed by atoms with Crippen molar-refractivity contribution in [3.63, 3.8) is 0 Å². The predicted octanol–water partition coefficient (Wildman–Crippen LogP) is 1.28. The van der Waals surface area contributed by atoms with E-state index in [1.165, 1.54) is 10.7 Å². The van der Waals surface area contributed by atoms with Gasteiger partial charge in [-0.25, -0.2) is 4.98 Å². The second kappa shape index (κ2) is 8.83. The molecule has 0 spiro atoms. The molecule has 1 aliphatic carbocycles. The van der Waals surface area contributed by atoms with E-state index >= 15 is 0 Å². The molecule has 1 aliphatic heterocycles. The topological polar surface area (TPSA) is 135 Å². The fourth-order valence-corrected chi connectivity index (χ4v) is 4.24. The Balaban J connectivity index is 1.46. The van der Waals surface area contributed by atoms with Crippen LogP contribution in [0.2, 0.25) is 0 Å². The van der Waals surface area contributed by atoms with Crippen LogP contribution in [-0.4, -0.2) is 62.6 Å². The second-order valence-electron chi connectivity index (χ2n) is 8.43. The molecule has 4 heterocycles. The molecule has 5 rings (SSSR count). The molecule has 174 valence electrons. The van der Waals surface area contributed by atoms with Crippen LogP contribution in [0.15, 0.2) is 35.4 Å². The first-order valence-corrected chi connectivity index (χ1v) is 11.2. The number of nitrogens with one attached hydrogen (secondary N) is 3. The summed E-state index contributed by atoms with van der Waals surface area (Å²) >= 11 is 0. The second-order valence-corrected chi connectivity index (χ2v) is 8.43. The number of pyridine rings is 1. The molecule has 3 aromatic heterocycles. The number of carbonyl (C=O) groups is 1. The summed E-state index contributed by atoms with van der Waals surface area (Å²) in [6, 6.07) is 4.98. The highest BCUT2D eigenvalue weighted by Crippen LogP contribution is 2.24. The van der Waals surface area contributed by atoms with Gasteiger partial charge in [0.05, 0.1) is 31.0 Å². The lowest BCUT2D eigenvalue weighted by Crippen LogP contribution is -2.50. The molecule has 11 heteroatoms. The van der Waals surface area contributed by atoms with Crippen LogP contribution in [0.3, 0.4) is 0 Å². The lowest BCUT2D eigenvalue weighted by atomic mass is 9.89. The van der Waals surface area contributed by atoms with E-state index in [-0.39, 0.29) is 23.6 Å². The highest BCUT2D eigenvalue weighted by Gasteiger charge is 2.31. The number of rotatable bonds is 6. The van der Waals surface area contributed by atoms with E-state index in [2.05, 4.69) is 26.0 Å². The Kier molecular flexibility index (Phi) is 5.73. The van der Waals surface area contributed by atoms with E-state index in [0.717, 1.165) is 25.9 Å². The van der Waals surface area contributed by atoms with Crippen LogP contribution in [0.5, 0.6) is 0 Å². The minimum atomic E-state index is -0.524. The van der Waals surface area contributed by atoms with Crippen molar-refractivity contribution in [2.45, 2.75) is 43.9 Å². The van der Waals surface area contributed by atoms with Crippen LogP contribution in [0.1, 0.15) is 42.1 Å². The molecule has 3 atom stereocenters. The Bertz CT molecular complexity index is 1230. The van der Waals surface area contributed by atoms with Gasteiger partial charge in [0.1, 0.15) is 22.9 Å². The van der Waals surface area contributed by atoms with Crippen molar-refractivity contribution < 1.29 is 14.6 Å². The maximum absolute atomic E-state index is 13.1. The number of amides is 1. The number of fused-ring (bicyclic) bond motifs is 1. The zero-order valence-electron chi connectivity index (χ0n) is 18.3. The molecular formula is C22H27N7O4. The molecule has 2 aliphatic rings. The largest absolute Gasteiger partial charge is 0.391 e. The molecular weight excluding hydrogens is 426 g/mol. The lowest BCUT2D eigenvalue weighted by Gasteiger charge is -2.32. The van der Waals surface area contributed by atoms with Crippen LogP contribution in [0.4, 0.5) is 17.3 Å². The van der Waals surface area contributed by atoms with E-state index in [4.69, 9.17) is 4.74 Å². The standard InChI is InChI=1S/C22H27N7O4/c1-23-19-10-18(25-16-5-2-8-28(22(16)32)13-4-3-9-33-12-13)27-20-14(11-24-29(19)20)21(31)26-15-6-7-17(15)30/h2,5,8,10-11,13,15,17,23,30H,3-4,6-7,9,12H2,1H3,(H,25,27)(H,26,31)/t13-,15-,17-/m1/s1. The third kappa shape index (κ3) is 4.05. The molecule has 1 saturated carbocycles. The number of ether oxygens (including phenoxy) is 1. The van der Waals surface area contributed by atoms with Crippen LogP contribution in [0, 0.1) is 0 Å². The number of aliphatic hydroxyl groups is 1. The van der Waals surface area contributed by atoms with Gasteiger partial charge in [0.25, 0.3) is 11.5 Å². The molecule has 0 aromatic carbocycles. The quantitative estimate of drug-likeness (QED) is 0.438. The van der Waals surface area contributed by atoms with Gasteiger partial charge in [0.2, 0.25) is 0 Å². The average Bonchev–Trinajstić information content (AvgIpc) is 3.27. The molecule has 1 amide bonds. The number of hydrogen-bond donors (Lipinski definition) is 4. The number of hydrogen-bond acceptors (Lipinski definition) is 8. The Morgan fingerprint density at radius 2 is 2.18 bits per heavy atom. The summed E-state index contributed by atoms with van der Waals surface area (Å²) in [5, 5.41) is 23.1. The number of carbonyl (C=O) groups excluding carboxylic acids is 1. The molecule has 0 unspecified atom stereocenters. The molecule has 4 N–H and O–H groups in total. The summed E-state index contributed by atoms with van der Waals surface area (Å²) in [5.74, 6) is 0.654. The third-order valence-corrected chi connectivity index (χ3v) is 6.29. The first kappa shape index (κ1) is 21.4. The van der Waals surface area contributed by atoms with Crippen LogP contribution in [-0.2, 0) is 4.74 Å². The van der Waals surface area contributed by atoms with Gasteiger partial charge in [-0.1, -0.05) is 0 Å². The maximum Gasteiger partial charge on any atom is 0.274 e. The minimum Gasteiger partial charge on any atom is -0.391 e. The fourth-order valence-electron chi connectivity index (χ4n) is 4.24. The van der Waals surface area contributed by atoms with E-state index in [1.54, 1.807) is 29.9 Å². The molecule has 1 saturated heterocycles. The molecule has 0 radical (unpaired) electrons. The van der Waals surface area contributed by atoms with E-state index in [1.807, 2.05) is 6.07 Å². The van der Waals surface area contributed by atoms with Gasteiger partial charge in [-0.15, -0.1) is 0 Å². The van der Waals surface area contributed by atoms with Crippen LogP contribution >= 0.6 is 0 Å². The number of aliphatic hydroxyl groups excluding tert-OH is 1. The number of anilines is 3. The summed E-state index contributed by atoms with van der Waals surface area (Å²) in [5.41, 5.74) is 0.850. The maximum atomic E-state index is 13.1. The van der Waals surface area contributed by atoms with Gasteiger partial charge in [0, 0.05) is 25.9 Å².